The summed E-state index contributed by atoms with van der Waals surface area (Å²) < 4.78 is 12.9. The standard InChI is InChI=1S/C19H17FN2O/c20-13-6-8-14(9-7-13)21-19(23)12-5-10-18-16(11-12)15-3-1-2-4-17(15)22-18/h1-4,6-9,12,22H,5,10-11H2,(H,21,23). The van der Waals surface area contributed by atoms with Gasteiger partial charge in [0.15, 0.2) is 0 Å². The Balaban J connectivity index is 1.55. The van der Waals surface area contributed by atoms with Gasteiger partial charge in [0.05, 0.1) is 0 Å². The van der Waals surface area contributed by atoms with Crippen molar-refractivity contribution >= 4 is 22.5 Å². The highest BCUT2D eigenvalue weighted by atomic mass is 19.1. The fraction of sp³-hybridized carbons (Fsp3) is 0.211. The summed E-state index contributed by atoms with van der Waals surface area (Å²) in [5.41, 5.74) is 4.28. The number of hydrogen-bond donors (Lipinski definition) is 2. The molecule has 23 heavy (non-hydrogen) atoms. The third kappa shape index (κ3) is 2.61. The molecule has 1 aromatic heterocycles. The van der Waals surface area contributed by atoms with E-state index in [4.69, 9.17) is 0 Å². The van der Waals surface area contributed by atoms with Crippen molar-refractivity contribution in [3.05, 3.63) is 65.6 Å². The molecule has 3 aromatic rings. The van der Waals surface area contributed by atoms with Crippen molar-refractivity contribution in [2.24, 2.45) is 5.92 Å². The molecule has 1 unspecified atom stereocenters. The van der Waals surface area contributed by atoms with Crippen LogP contribution in [0.5, 0.6) is 0 Å². The number of aromatic nitrogens is 1. The molecular formula is C19H17FN2O. The van der Waals surface area contributed by atoms with Crippen LogP contribution in [0.15, 0.2) is 48.5 Å². The SMILES string of the molecule is O=C(Nc1ccc(F)cc1)C1CCc2[nH]c3ccccc3c2C1. The predicted octanol–water partition coefficient (Wildman–Crippen LogP) is 4.05. The second-order valence-electron chi connectivity index (χ2n) is 6.06. The molecule has 1 aliphatic carbocycles. The molecule has 1 atom stereocenters. The van der Waals surface area contributed by atoms with Gasteiger partial charge in [-0.3, -0.25) is 4.79 Å². The zero-order valence-electron chi connectivity index (χ0n) is 12.6. The van der Waals surface area contributed by atoms with Gasteiger partial charge in [-0.05, 0) is 55.2 Å². The van der Waals surface area contributed by atoms with Crippen LogP contribution in [0.25, 0.3) is 10.9 Å². The van der Waals surface area contributed by atoms with E-state index in [9.17, 15) is 9.18 Å². The largest absolute Gasteiger partial charge is 0.358 e. The Kier molecular flexibility index (Phi) is 3.37. The van der Waals surface area contributed by atoms with Crippen molar-refractivity contribution in [3.63, 3.8) is 0 Å². The van der Waals surface area contributed by atoms with Gasteiger partial charge >= 0.3 is 0 Å². The molecule has 0 saturated carbocycles. The number of halogens is 1. The number of nitrogens with one attached hydrogen (secondary N) is 2. The Morgan fingerprint density at radius 3 is 2.74 bits per heavy atom. The average Bonchev–Trinajstić information content (AvgIpc) is 2.94. The minimum Gasteiger partial charge on any atom is -0.358 e. The fourth-order valence-corrected chi connectivity index (χ4v) is 3.37. The number of hydrogen-bond acceptors (Lipinski definition) is 1. The third-order valence-electron chi connectivity index (χ3n) is 4.58. The Labute approximate surface area is 133 Å². The predicted molar refractivity (Wildman–Crippen MR) is 88.8 cm³/mol. The summed E-state index contributed by atoms with van der Waals surface area (Å²) in [6.45, 7) is 0. The molecule has 1 aliphatic rings. The third-order valence-corrected chi connectivity index (χ3v) is 4.58. The van der Waals surface area contributed by atoms with Crippen LogP contribution in [0.1, 0.15) is 17.7 Å². The van der Waals surface area contributed by atoms with Crippen LogP contribution in [-0.4, -0.2) is 10.9 Å². The molecular weight excluding hydrogens is 291 g/mol. The van der Waals surface area contributed by atoms with Crippen molar-refractivity contribution in [2.75, 3.05) is 5.32 Å². The number of H-pyrrole nitrogens is 1. The summed E-state index contributed by atoms with van der Waals surface area (Å²) >= 11 is 0. The number of carbonyl (C=O) groups excluding carboxylic acids is 1. The maximum atomic E-state index is 12.9. The van der Waals surface area contributed by atoms with E-state index in [1.165, 1.54) is 28.8 Å². The molecule has 0 radical (unpaired) electrons. The molecule has 2 N–H and O–H groups in total. The first-order valence-corrected chi connectivity index (χ1v) is 7.85. The number of aromatic amines is 1. The molecule has 1 amide bonds. The first kappa shape index (κ1) is 14.0. The van der Waals surface area contributed by atoms with Crippen molar-refractivity contribution in [1.29, 1.82) is 0 Å². The molecule has 116 valence electrons. The van der Waals surface area contributed by atoms with E-state index in [-0.39, 0.29) is 17.6 Å². The molecule has 0 bridgehead atoms. The van der Waals surface area contributed by atoms with E-state index in [0.29, 0.717) is 5.69 Å². The zero-order chi connectivity index (χ0) is 15.8. The van der Waals surface area contributed by atoms with Gasteiger partial charge in [-0.1, -0.05) is 18.2 Å². The first-order valence-electron chi connectivity index (χ1n) is 7.85. The van der Waals surface area contributed by atoms with Crippen LogP contribution < -0.4 is 5.32 Å². The Hall–Kier alpha value is -2.62. The molecule has 0 aliphatic heterocycles. The van der Waals surface area contributed by atoms with Crippen molar-refractivity contribution in [3.8, 4) is 0 Å². The summed E-state index contributed by atoms with van der Waals surface area (Å²) in [5, 5.41) is 4.10. The number of aryl methyl sites for hydroxylation is 1. The van der Waals surface area contributed by atoms with Gasteiger partial charge in [-0.25, -0.2) is 4.39 Å². The molecule has 3 nitrogen and oxygen atoms in total. The van der Waals surface area contributed by atoms with E-state index >= 15 is 0 Å². The summed E-state index contributed by atoms with van der Waals surface area (Å²) in [7, 11) is 0. The maximum Gasteiger partial charge on any atom is 0.227 e. The molecule has 2 aromatic carbocycles. The smallest absolute Gasteiger partial charge is 0.227 e. The van der Waals surface area contributed by atoms with Gasteiger partial charge in [0.1, 0.15) is 5.82 Å². The van der Waals surface area contributed by atoms with E-state index < -0.39 is 0 Å². The second kappa shape index (κ2) is 5.54. The summed E-state index contributed by atoms with van der Waals surface area (Å²) in [6.07, 6.45) is 2.45. The van der Waals surface area contributed by atoms with E-state index in [1.807, 2.05) is 12.1 Å². The van der Waals surface area contributed by atoms with Gasteiger partial charge in [0.2, 0.25) is 5.91 Å². The Morgan fingerprint density at radius 1 is 1.13 bits per heavy atom. The van der Waals surface area contributed by atoms with Gasteiger partial charge in [-0.15, -0.1) is 0 Å². The monoisotopic (exact) mass is 308 g/mol. The second-order valence-corrected chi connectivity index (χ2v) is 6.06. The number of carbonyl (C=O) groups is 1. The fourth-order valence-electron chi connectivity index (χ4n) is 3.37. The van der Waals surface area contributed by atoms with Crippen molar-refractivity contribution < 1.29 is 9.18 Å². The Bertz CT molecular complexity index is 867. The van der Waals surface area contributed by atoms with Crippen LogP contribution in [0.2, 0.25) is 0 Å². The molecule has 0 saturated heterocycles. The topological polar surface area (TPSA) is 44.9 Å². The lowest BCUT2D eigenvalue weighted by Crippen LogP contribution is -2.28. The minimum atomic E-state index is -0.302. The van der Waals surface area contributed by atoms with Gasteiger partial charge < -0.3 is 10.3 Å². The van der Waals surface area contributed by atoms with Crippen LogP contribution >= 0.6 is 0 Å². The number of rotatable bonds is 2. The maximum absolute atomic E-state index is 12.9. The van der Waals surface area contributed by atoms with Crippen LogP contribution in [0.4, 0.5) is 10.1 Å². The minimum absolute atomic E-state index is 0.00698. The highest BCUT2D eigenvalue weighted by molar-refractivity contribution is 5.94. The quantitative estimate of drug-likeness (QED) is 0.737. The molecule has 0 spiro atoms. The van der Waals surface area contributed by atoms with Gasteiger partial charge in [-0.2, -0.15) is 0 Å². The van der Waals surface area contributed by atoms with Crippen LogP contribution in [0, 0.1) is 11.7 Å². The van der Waals surface area contributed by atoms with Gasteiger partial charge in [0.25, 0.3) is 0 Å². The van der Waals surface area contributed by atoms with E-state index in [2.05, 4.69) is 22.4 Å². The van der Waals surface area contributed by atoms with Crippen LogP contribution in [-0.2, 0) is 17.6 Å². The number of anilines is 1. The van der Waals surface area contributed by atoms with Gasteiger partial charge in [0, 0.05) is 28.2 Å². The number of para-hydroxylation sites is 1. The number of fused-ring (bicyclic) bond motifs is 3. The summed E-state index contributed by atoms with van der Waals surface area (Å²) in [4.78, 5) is 16.0. The zero-order valence-corrected chi connectivity index (χ0v) is 12.6. The normalized spacial score (nSPS) is 17.0. The summed E-state index contributed by atoms with van der Waals surface area (Å²) in [6, 6.07) is 14.1. The lowest BCUT2D eigenvalue weighted by atomic mass is 9.86. The highest BCUT2D eigenvalue weighted by Crippen LogP contribution is 2.32. The average molecular weight is 308 g/mol. The number of amides is 1. The molecule has 4 rings (SSSR count). The van der Waals surface area contributed by atoms with Crippen molar-refractivity contribution in [2.45, 2.75) is 19.3 Å². The lowest BCUT2D eigenvalue weighted by Gasteiger charge is -2.21. The molecule has 4 heteroatoms. The number of benzene rings is 2. The summed E-state index contributed by atoms with van der Waals surface area (Å²) in [5.74, 6) is -0.344. The first-order chi connectivity index (χ1) is 11.2. The van der Waals surface area contributed by atoms with Crippen LogP contribution in [0.3, 0.4) is 0 Å². The Morgan fingerprint density at radius 2 is 1.91 bits per heavy atom. The lowest BCUT2D eigenvalue weighted by molar-refractivity contribution is -0.120. The van der Waals surface area contributed by atoms with Crippen molar-refractivity contribution in [1.82, 2.24) is 4.98 Å². The highest BCUT2D eigenvalue weighted by Gasteiger charge is 2.27. The van der Waals surface area contributed by atoms with E-state index in [1.54, 1.807) is 12.1 Å². The molecule has 1 heterocycles. The molecule has 0 fully saturated rings. The van der Waals surface area contributed by atoms with E-state index in [0.717, 1.165) is 24.8 Å².